The normalized spacial score (nSPS) is 17.9. The Morgan fingerprint density at radius 2 is 2.03 bits per heavy atom. The van der Waals surface area contributed by atoms with Crippen molar-refractivity contribution in [1.82, 2.24) is 34.7 Å². The zero-order chi connectivity index (χ0) is 27.8. The third kappa shape index (κ3) is 5.41. The highest BCUT2D eigenvalue weighted by atomic mass is 19.1. The summed E-state index contributed by atoms with van der Waals surface area (Å²) in [6.07, 6.45) is 4.56. The van der Waals surface area contributed by atoms with Gasteiger partial charge in [-0.1, -0.05) is 6.92 Å². The Hall–Kier alpha value is -3.70. The van der Waals surface area contributed by atoms with Crippen LogP contribution < -0.4 is 9.47 Å². The number of aromatic nitrogens is 6. The van der Waals surface area contributed by atoms with Gasteiger partial charge in [0, 0.05) is 37.2 Å². The van der Waals surface area contributed by atoms with Gasteiger partial charge in [-0.05, 0) is 52.5 Å². The van der Waals surface area contributed by atoms with E-state index in [4.69, 9.17) is 14.6 Å². The quantitative estimate of drug-likeness (QED) is 0.392. The van der Waals surface area contributed by atoms with E-state index in [2.05, 4.69) is 27.1 Å². The molecule has 0 saturated heterocycles. The molecule has 0 aliphatic carbocycles. The lowest BCUT2D eigenvalue weighted by atomic mass is 10.0. The van der Waals surface area contributed by atoms with Crippen molar-refractivity contribution >= 4 is 23.1 Å². The van der Waals surface area contributed by atoms with Crippen molar-refractivity contribution in [2.24, 2.45) is 7.05 Å². The molecule has 1 aromatic carbocycles. The molecule has 10 nitrogen and oxygen atoms in total. The van der Waals surface area contributed by atoms with Crippen LogP contribution in [0, 0.1) is 5.82 Å². The summed E-state index contributed by atoms with van der Waals surface area (Å²) in [4.78, 5) is 2.25. The first-order valence-electron chi connectivity index (χ1n) is 13.4. The number of H-pyrrole nitrogens is 1. The van der Waals surface area contributed by atoms with Crippen molar-refractivity contribution in [3.63, 3.8) is 0 Å². The molecule has 0 amide bonds. The smallest absolute Gasteiger partial charge is 0.240 e. The number of aliphatic hydroxyl groups excluding tert-OH is 1. The molecule has 0 spiro atoms. The van der Waals surface area contributed by atoms with E-state index >= 15 is 4.39 Å². The molecule has 4 aromatic rings. The Morgan fingerprint density at radius 3 is 2.74 bits per heavy atom. The molecule has 0 fully saturated rings. The van der Waals surface area contributed by atoms with Crippen molar-refractivity contribution < 1.29 is 19.0 Å². The van der Waals surface area contributed by atoms with Gasteiger partial charge in [-0.2, -0.15) is 10.2 Å². The molecule has 0 radical (unpaired) electrons. The van der Waals surface area contributed by atoms with Gasteiger partial charge in [-0.25, -0.2) is 9.07 Å². The standard InChI is InChI=1S/C28H36FN7O3/c1-7-35-14-18(5)39-28-22(12-30-34(28)6)20-10-21-24(31-32-25(21)11-23(20)29)9-8-19-26(15-35)36(13-17(4)37)33-27(19)38-16(2)3/h8-12,16-18,37H,7,13-15H2,1-6H3,(H,31,32)/b9-8+/t17-,18-/m0/s1. The topological polar surface area (TPSA) is 106 Å². The monoisotopic (exact) mass is 537 g/mol. The summed E-state index contributed by atoms with van der Waals surface area (Å²) in [5, 5.41) is 27.5. The maximum absolute atomic E-state index is 15.3. The zero-order valence-electron chi connectivity index (χ0n) is 23.3. The minimum atomic E-state index is -0.592. The molecule has 208 valence electrons. The molecular formula is C28H36FN7O3. The average molecular weight is 538 g/mol. The largest absolute Gasteiger partial charge is 0.473 e. The number of aliphatic hydroxyl groups is 1. The number of hydrogen-bond donors (Lipinski definition) is 2. The molecular weight excluding hydrogens is 501 g/mol. The number of nitrogens with zero attached hydrogens (tertiary/aromatic N) is 6. The van der Waals surface area contributed by atoms with Gasteiger partial charge in [0.15, 0.2) is 0 Å². The Labute approximate surface area is 227 Å². The maximum Gasteiger partial charge on any atom is 0.240 e. The SMILES string of the molecule is CCN1Cc2c(c(OC(C)C)nn2C[C@H](C)O)/C=C/c2n[nH]c3cc(F)c(cc23)-c2cnn(C)c2O[C@@H](C)C1. The first-order chi connectivity index (χ1) is 18.6. The van der Waals surface area contributed by atoms with Crippen LogP contribution in [0.15, 0.2) is 18.3 Å². The molecule has 1 aliphatic heterocycles. The first-order valence-corrected chi connectivity index (χ1v) is 13.4. The molecule has 2 atom stereocenters. The molecule has 5 rings (SSSR count). The summed E-state index contributed by atoms with van der Waals surface area (Å²) < 4.78 is 31.3. The lowest BCUT2D eigenvalue weighted by Crippen LogP contribution is -2.35. The number of aromatic amines is 1. The fraction of sp³-hybridized carbons (Fsp3) is 0.464. The molecule has 1 aliphatic rings. The van der Waals surface area contributed by atoms with Gasteiger partial charge < -0.3 is 14.6 Å². The third-order valence-corrected chi connectivity index (χ3v) is 6.76. The second kappa shape index (κ2) is 10.8. The minimum absolute atomic E-state index is 0.0893. The fourth-order valence-electron chi connectivity index (χ4n) is 4.95. The van der Waals surface area contributed by atoms with Gasteiger partial charge >= 0.3 is 0 Å². The number of likely N-dealkylation sites (N-methyl/N-ethyl adjacent to an activating group) is 1. The van der Waals surface area contributed by atoms with E-state index in [0.717, 1.165) is 23.2 Å². The molecule has 4 heterocycles. The van der Waals surface area contributed by atoms with Gasteiger partial charge in [-0.3, -0.25) is 14.7 Å². The zero-order valence-corrected chi connectivity index (χ0v) is 23.3. The van der Waals surface area contributed by atoms with Crippen LogP contribution in [-0.4, -0.2) is 71.2 Å². The van der Waals surface area contributed by atoms with E-state index in [1.165, 1.54) is 6.07 Å². The average Bonchev–Trinajstić information content (AvgIpc) is 3.51. The van der Waals surface area contributed by atoms with Crippen LogP contribution in [0.3, 0.4) is 0 Å². The number of benzene rings is 1. The molecule has 3 aromatic heterocycles. The van der Waals surface area contributed by atoms with E-state index in [9.17, 15) is 5.11 Å². The summed E-state index contributed by atoms with van der Waals surface area (Å²) in [6, 6.07) is 3.23. The van der Waals surface area contributed by atoms with Crippen LogP contribution in [0.2, 0.25) is 0 Å². The highest BCUT2D eigenvalue weighted by Gasteiger charge is 2.25. The number of rotatable bonds is 5. The molecule has 11 heteroatoms. The summed E-state index contributed by atoms with van der Waals surface area (Å²) >= 11 is 0. The van der Waals surface area contributed by atoms with Crippen LogP contribution in [0.4, 0.5) is 4.39 Å². The highest BCUT2D eigenvalue weighted by Crippen LogP contribution is 2.36. The van der Waals surface area contributed by atoms with Crippen LogP contribution in [0.5, 0.6) is 11.8 Å². The van der Waals surface area contributed by atoms with E-state index in [-0.39, 0.29) is 18.0 Å². The van der Waals surface area contributed by atoms with Crippen molar-refractivity contribution in [2.45, 2.75) is 66.0 Å². The Morgan fingerprint density at radius 1 is 1.23 bits per heavy atom. The first kappa shape index (κ1) is 26.9. The number of hydrogen-bond acceptors (Lipinski definition) is 7. The van der Waals surface area contributed by atoms with Crippen LogP contribution in [0.25, 0.3) is 34.2 Å². The van der Waals surface area contributed by atoms with E-state index in [1.54, 1.807) is 30.9 Å². The molecule has 0 saturated carbocycles. The molecule has 39 heavy (non-hydrogen) atoms. The van der Waals surface area contributed by atoms with Crippen LogP contribution >= 0.6 is 0 Å². The summed E-state index contributed by atoms with van der Waals surface area (Å²) in [7, 11) is 1.79. The van der Waals surface area contributed by atoms with Crippen molar-refractivity contribution in [3.05, 3.63) is 41.1 Å². The number of nitrogens with one attached hydrogen (secondary N) is 1. The number of fused-ring (bicyclic) bond motifs is 4. The lowest BCUT2D eigenvalue weighted by Gasteiger charge is -2.26. The summed E-state index contributed by atoms with van der Waals surface area (Å²) in [5.74, 6) is 0.604. The minimum Gasteiger partial charge on any atom is -0.473 e. The van der Waals surface area contributed by atoms with Crippen LogP contribution in [-0.2, 0) is 20.1 Å². The van der Waals surface area contributed by atoms with Gasteiger partial charge in [0.05, 0.1) is 53.0 Å². The van der Waals surface area contributed by atoms with Gasteiger partial charge in [0.1, 0.15) is 11.9 Å². The highest BCUT2D eigenvalue weighted by molar-refractivity contribution is 5.93. The molecule has 2 N–H and O–H groups in total. The lowest BCUT2D eigenvalue weighted by molar-refractivity contribution is 0.131. The Balaban J connectivity index is 1.72. The number of ether oxygens (including phenoxy) is 2. The number of aryl methyl sites for hydroxylation is 1. The van der Waals surface area contributed by atoms with Crippen molar-refractivity contribution in [1.29, 1.82) is 0 Å². The van der Waals surface area contributed by atoms with E-state index in [1.807, 2.05) is 37.6 Å². The Kier molecular flexibility index (Phi) is 7.46. The predicted molar refractivity (Wildman–Crippen MR) is 148 cm³/mol. The molecule has 0 unspecified atom stereocenters. The maximum atomic E-state index is 15.3. The fourth-order valence-corrected chi connectivity index (χ4v) is 4.95. The summed E-state index contributed by atoms with van der Waals surface area (Å²) in [6.45, 7) is 12.0. The van der Waals surface area contributed by atoms with E-state index < -0.39 is 6.10 Å². The third-order valence-electron chi connectivity index (χ3n) is 6.76. The van der Waals surface area contributed by atoms with Gasteiger partial charge in [0.25, 0.3) is 0 Å². The summed E-state index contributed by atoms with van der Waals surface area (Å²) in [5.41, 5.74) is 3.95. The Bertz CT molecular complexity index is 1500. The molecule has 2 bridgehead atoms. The number of halogens is 1. The van der Waals surface area contributed by atoms with Crippen molar-refractivity contribution in [3.8, 4) is 22.9 Å². The van der Waals surface area contributed by atoms with Crippen LogP contribution in [0.1, 0.15) is 51.6 Å². The van der Waals surface area contributed by atoms with Crippen molar-refractivity contribution in [2.75, 3.05) is 13.1 Å². The second-order valence-electron chi connectivity index (χ2n) is 10.4. The van der Waals surface area contributed by atoms with E-state index in [0.29, 0.717) is 53.7 Å². The predicted octanol–water partition coefficient (Wildman–Crippen LogP) is 4.24. The van der Waals surface area contributed by atoms with Gasteiger partial charge in [-0.15, -0.1) is 5.10 Å². The van der Waals surface area contributed by atoms with Gasteiger partial charge in [0.2, 0.25) is 11.8 Å². The second-order valence-corrected chi connectivity index (χ2v) is 10.4.